The van der Waals surface area contributed by atoms with E-state index in [1.54, 1.807) is 18.4 Å². The van der Waals surface area contributed by atoms with Gasteiger partial charge in [-0.2, -0.15) is 0 Å². The predicted molar refractivity (Wildman–Crippen MR) is 118 cm³/mol. The number of benzene rings is 1. The van der Waals surface area contributed by atoms with Crippen molar-refractivity contribution in [3.05, 3.63) is 44.8 Å². The number of aromatic nitrogens is 2. The Labute approximate surface area is 170 Å². The van der Waals surface area contributed by atoms with Crippen LogP contribution in [0.3, 0.4) is 0 Å². The molecule has 0 fully saturated rings. The molecule has 0 atom stereocenters. The van der Waals surface area contributed by atoms with E-state index >= 15 is 0 Å². The molecule has 0 saturated heterocycles. The molecule has 3 rings (SSSR count). The summed E-state index contributed by atoms with van der Waals surface area (Å²) in [6, 6.07) is 6.08. The molecule has 3 aromatic rings. The minimum atomic E-state index is 0.0578. The Morgan fingerprint density at radius 2 is 1.89 bits per heavy atom. The summed E-state index contributed by atoms with van der Waals surface area (Å²) in [6.07, 6.45) is 0. The average molecular weight is 400 g/mol. The quantitative estimate of drug-likeness (QED) is 0.591. The number of rotatable bonds is 7. The van der Waals surface area contributed by atoms with Crippen molar-refractivity contribution in [2.75, 3.05) is 26.7 Å². The van der Waals surface area contributed by atoms with E-state index in [9.17, 15) is 4.79 Å². The summed E-state index contributed by atoms with van der Waals surface area (Å²) in [4.78, 5) is 22.5. The third-order valence-electron chi connectivity index (χ3n) is 5.40. The fourth-order valence-electron chi connectivity index (χ4n) is 3.72. The van der Waals surface area contributed by atoms with E-state index in [0.29, 0.717) is 6.54 Å². The highest BCUT2D eigenvalue weighted by atomic mass is 32.1. The third-order valence-corrected chi connectivity index (χ3v) is 6.40. The van der Waals surface area contributed by atoms with Crippen LogP contribution in [0.25, 0.3) is 21.3 Å². The highest BCUT2D eigenvalue weighted by molar-refractivity contribution is 7.19. The maximum Gasteiger partial charge on any atom is 0.262 e. The fourth-order valence-corrected chi connectivity index (χ4v) is 4.80. The summed E-state index contributed by atoms with van der Waals surface area (Å²) in [7, 11) is 1.68. The van der Waals surface area contributed by atoms with Crippen LogP contribution >= 0.6 is 11.3 Å². The number of nitrogens with zero attached hydrogens (tertiary/aromatic N) is 3. The van der Waals surface area contributed by atoms with E-state index in [4.69, 9.17) is 9.72 Å². The Hall–Kier alpha value is -2.18. The van der Waals surface area contributed by atoms with Gasteiger partial charge >= 0.3 is 0 Å². The van der Waals surface area contributed by atoms with Gasteiger partial charge < -0.3 is 9.64 Å². The molecule has 2 aromatic heterocycles. The summed E-state index contributed by atoms with van der Waals surface area (Å²) in [5.74, 6) is 1.63. The number of hydrogen-bond donors (Lipinski definition) is 0. The van der Waals surface area contributed by atoms with Crippen LogP contribution in [-0.2, 0) is 6.54 Å². The van der Waals surface area contributed by atoms with Crippen LogP contribution in [0.2, 0.25) is 0 Å². The van der Waals surface area contributed by atoms with Gasteiger partial charge in [-0.3, -0.25) is 9.36 Å². The first kappa shape index (κ1) is 20.6. The van der Waals surface area contributed by atoms with Crippen LogP contribution in [0.5, 0.6) is 5.75 Å². The zero-order valence-corrected chi connectivity index (χ0v) is 18.4. The van der Waals surface area contributed by atoms with Crippen molar-refractivity contribution in [2.24, 2.45) is 0 Å². The molecular weight excluding hydrogens is 370 g/mol. The number of thiophene rings is 1. The van der Waals surface area contributed by atoms with Crippen LogP contribution in [-0.4, -0.2) is 41.2 Å². The summed E-state index contributed by atoms with van der Waals surface area (Å²) in [5, 5.41) is 0.734. The molecule has 2 heterocycles. The van der Waals surface area contributed by atoms with Gasteiger partial charge in [-0.25, -0.2) is 4.98 Å². The molecule has 0 radical (unpaired) electrons. The molecule has 1 aromatic carbocycles. The molecule has 0 aliphatic heterocycles. The van der Waals surface area contributed by atoms with E-state index < -0.39 is 0 Å². The van der Waals surface area contributed by atoms with Crippen molar-refractivity contribution in [3.8, 4) is 16.9 Å². The Morgan fingerprint density at radius 1 is 1.18 bits per heavy atom. The fraction of sp³-hybridized carbons (Fsp3) is 0.455. The number of ether oxygens (including phenoxy) is 1. The number of likely N-dealkylation sites (N-methyl/N-ethyl adjacent to an activating group) is 1. The molecular formula is C22H29N3O2S. The van der Waals surface area contributed by atoms with E-state index in [2.05, 4.69) is 31.7 Å². The van der Waals surface area contributed by atoms with Gasteiger partial charge in [0.25, 0.3) is 5.56 Å². The molecule has 6 heteroatoms. The molecule has 0 bridgehead atoms. The zero-order valence-electron chi connectivity index (χ0n) is 17.6. The molecule has 0 amide bonds. The SMILES string of the molecule is CCN(CC)CCn1c(C)nc2sc(C)c(-c3ccc(OC)c(C)c3)c2c1=O. The van der Waals surface area contributed by atoms with Crippen molar-refractivity contribution in [2.45, 2.75) is 41.2 Å². The van der Waals surface area contributed by atoms with Crippen LogP contribution in [0.15, 0.2) is 23.0 Å². The Kier molecular flexibility index (Phi) is 6.20. The highest BCUT2D eigenvalue weighted by Crippen LogP contribution is 2.37. The van der Waals surface area contributed by atoms with Crippen LogP contribution in [0.1, 0.15) is 30.1 Å². The zero-order chi connectivity index (χ0) is 20.4. The standard InChI is InChI=1S/C22H29N3O2S/c1-7-24(8-2)11-12-25-16(5)23-21-20(22(25)26)19(15(4)28-21)17-9-10-18(27-6)14(3)13-17/h9-10,13H,7-8,11-12H2,1-6H3. The van der Waals surface area contributed by atoms with E-state index in [1.165, 1.54) is 0 Å². The third kappa shape index (κ3) is 3.71. The molecule has 0 N–H and O–H groups in total. The van der Waals surface area contributed by atoms with Gasteiger partial charge in [0.05, 0.1) is 12.5 Å². The Morgan fingerprint density at radius 3 is 2.50 bits per heavy atom. The maximum atomic E-state index is 13.4. The lowest BCUT2D eigenvalue weighted by Gasteiger charge is -2.19. The summed E-state index contributed by atoms with van der Waals surface area (Å²) in [6.45, 7) is 13.8. The molecule has 5 nitrogen and oxygen atoms in total. The second kappa shape index (κ2) is 8.45. The molecule has 28 heavy (non-hydrogen) atoms. The molecule has 0 aliphatic carbocycles. The monoisotopic (exact) mass is 399 g/mol. The lowest BCUT2D eigenvalue weighted by atomic mass is 10.0. The average Bonchev–Trinajstić information content (AvgIpc) is 3.00. The van der Waals surface area contributed by atoms with Crippen LogP contribution in [0, 0.1) is 20.8 Å². The molecule has 0 spiro atoms. The molecule has 150 valence electrons. The van der Waals surface area contributed by atoms with Gasteiger partial charge in [0.2, 0.25) is 0 Å². The molecule has 0 unspecified atom stereocenters. The van der Waals surface area contributed by atoms with E-state index in [-0.39, 0.29) is 5.56 Å². The van der Waals surface area contributed by atoms with Crippen molar-refractivity contribution in [3.63, 3.8) is 0 Å². The van der Waals surface area contributed by atoms with E-state index in [1.807, 2.05) is 30.5 Å². The second-order valence-corrected chi connectivity index (χ2v) is 8.24. The lowest BCUT2D eigenvalue weighted by molar-refractivity contribution is 0.288. The van der Waals surface area contributed by atoms with Crippen LogP contribution < -0.4 is 10.3 Å². The smallest absolute Gasteiger partial charge is 0.262 e. The minimum absolute atomic E-state index is 0.0578. The van der Waals surface area contributed by atoms with Gasteiger partial charge in [0, 0.05) is 23.5 Å². The van der Waals surface area contributed by atoms with Gasteiger partial charge in [-0.05, 0) is 57.1 Å². The van der Waals surface area contributed by atoms with Gasteiger partial charge in [0.1, 0.15) is 16.4 Å². The predicted octanol–water partition coefficient (Wildman–Crippen LogP) is 4.40. The normalized spacial score (nSPS) is 11.5. The second-order valence-electron chi connectivity index (χ2n) is 7.04. The highest BCUT2D eigenvalue weighted by Gasteiger charge is 2.19. The van der Waals surface area contributed by atoms with Crippen molar-refractivity contribution < 1.29 is 4.74 Å². The summed E-state index contributed by atoms with van der Waals surface area (Å²) < 4.78 is 7.22. The van der Waals surface area contributed by atoms with Crippen molar-refractivity contribution in [1.82, 2.24) is 14.5 Å². The van der Waals surface area contributed by atoms with E-state index in [0.717, 1.165) is 63.0 Å². The van der Waals surface area contributed by atoms with Gasteiger partial charge in [-0.1, -0.05) is 19.9 Å². The van der Waals surface area contributed by atoms with Gasteiger partial charge in [-0.15, -0.1) is 11.3 Å². The Bertz CT molecular complexity index is 1050. The Balaban J connectivity index is 2.14. The maximum absolute atomic E-state index is 13.4. The largest absolute Gasteiger partial charge is 0.496 e. The number of hydrogen-bond acceptors (Lipinski definition) is 5. The summed E-state index contributed by atoms with van der Waals surface area (Å²) in [5.41, 5.74) is 3.16. The van der Waals surface area contributed by atoms with Crippen molar-refractivity contribution in [1.29, 1.82) is 0 Å². The first-order chi connectivity index (χ1) is 13.4. The first-order valence-electron chi connectivity index (χ1n) is 9.79. The van der Waals surface area contributed by atoms with Crippen LogP contribution in [0.4, 0.5) is 0 Å². The lowest BCUT2D eigenvalue weighted by Crippen LogP contribution is -2.32. The molecule has 0 aliphatic rings. The van der Waals surface area contributed by atoms with Gasteiger partial charge in [0.15, 0.2) is 0 Å². The minimum Gasteiger partial charge on any atom is -0.496 e. The topological polar surface area (TPSA) is 47.4 Å². The number of fused-ring (bicyclic) bond motifs is 1. The number of aryl methyl sites for hydroxylation is 3. The first-order valence-corrected chi connectivity index (χ1v) is 10.6. The summed E-state index contributed by atoms with van der Waals surface area (Å²) >= 11 is 1.59. The van der Waals surface area contributed by atoms with Crippen molar-refractivity contribution >= 4 is 21.6 Å². The number of methoxy groups -OCH3 is 1. The molecule has 0 saturated carbocycles.